The fourth-order valence-electron chi connectivity index (χ4n) is 4.36. The molecule has 2 fully saturated rings. The molecule has 2 heterocycles. The van der Waals surface area contributed by atoms with Gasteiger partial charge in [0.1, 0.15) is 23.7 Å². The number of rotatable bonds is 14. The molecule has 0 aliphatic carbocycles. The van der Waals surface area contributed by atoms with Crippen molar-refractivity contribution in [1.82, 2.24) is 0 Å². The second-order valence-corrected chi connectivity index (χ2v) is 9.76. The Bertz CT molecular complexity index is 1050. The minimum atomic E-state index is -0.575. The lowest BCUT2D eigenvalue weighted by Gasteiger charge is -2.16. The molecule has 1 unspecified atom stereocenters. The lowest BCUT2D eigenvalue weighted by Crippen LogP contribution is -2.35. The maximum absolute atomic E-state index is 12.4. The molecule has 4 rings (SSSR count). The van der Waals surface area contributed by atoms with Gasteiger partial charge in [-0.2, -0.15) is 0 Å². The Morgan fingerprint density at radius 2 is 1.10 bits per heavy atom. The van der Waals surface area contributed by atoms with Crippen LogP contribution in [-0.4, -0.2) is 62.8 Å². The van der Waals surface area contributed by atoms with Crippen LogP contribution in [0.3, 0.4) is 0 Å². The summed E-state index contributed by atoms with van der Waals surface area (Å²) in [6.45, 7) is 5.96. The number of benzene rings is 2. The summed E-state index contributed by atoms with van der Waals surface area (Å²) < 4.78 is 34.0. The molecule has 8 nitrogen and oxygen atoms in total. The van der Waals surface area contributed by atoms with Gasteiger partial charge in [-0.05, 0) is 60.4 Å². The van der Waals surface area contributed by atoms with Crippen molar-refractivity contribution in [2.45, 2.75) is 63.9 Å². The van der Waals surface area contributed by atoms with Crippen LogP contribution in [0.1, 0.15) is 50.7 Å². The molecule has 0 aromatic heterocycles. The van der Waals surface area contributed by atoms with Crippen LogP contribution in [0, 0.1) is 0 Å². The van der Waals surface area contributed by atoms with Crippen LogP contribution < -0.4 is 9.47 Å². The van der Waals surface area contributed by atoms with Crippen molar-refractivity contribution >= 4 is 24.1 Å². The predicted octanol–water partition coefficient (Wildman–Crippen LogP) is 5.39. The Morgan fingerprint density at radius 1 is 0.700 bits per heavy atom. The van der Waals surface area contributed by atoms with Gasteiger partial charge in [0.05, 0.1) is 26.4 Å². The number of esters is 2. The normalized spacial score (nSPS) is 21.9. The highest BCUT2D eigenvalue weighted by molar-refractivity contribution is 5.87. The molecule has 40 heavy (non-hydrogen) atoms. The van der Waals surface area contributed by atoms with E-state index in [0.717, 1.165) is 48.3 Å². The van der Waals surface area contributed by atoms with E-state index < -0.39 is 36.4 Å². The summed E-state index contributed by atoms with van der Waals surface area (Å²) in [6.07, 6.45) is 8.18. The molecular formula is C32H38O8. The first-order valence-electron chi connectivity index (χ1n) is 14.0. The van der Waals surface area contributed by atoms with Gasteiger partial charge < -0.3 is 28.4 Å². The van der Waals surface area contributed by atoms with Crippen LogP contribution in [0.4, 0.5) is 0 Å². The Hall–Kier alpha value is -3.62. The third kappa shape index (κ3) is 8.69. The fraction of sp³-hybridized carbons (Fsp3) is 0.438. The Kier molecular flexibility index (Phi) is 11.2. The maximum atomic E-state index is 12.4. The predicted molar refractivity (Wildman–Crippen MR) is 151 cm³/mol. The van der Waals surface area contributed by atoms with E-state index in [9.17, 15) is 9.59 Å². The second kappa shape index (κ2) is 15.2. The molecule has 4 atom stereocenters. The van der Waals surface area contributed by atoms with Gasteiger partial charge in [-0.1, -0.05) is 51.0 Å². The third-order valence-corrected chi connectivity index (χ3v) is 6.61. The van der Waals surface area contributed by atoms with Crippen molar-refractivity contribution in [3.8, 4) is 11.5 Å². The van der Waals surface area contributed by atoms with E-state index >= 15 is 0 Å². The van der Waals surface area contributed by atoms with E-state index in [-0.39, 0.29) is 13.2 Å². The van der Waals surface area contributed by atoms with Gasteiger partial charge in [0.25, 0.3) is 0 Å². The van der Waals surface area contributed by atoms with Crippen LogP contribution in [0.2, 0.25) is 0 Å². The highest BCUT2D eigenvalue weighted by Gasteiger charge is 2.51. The molecule has 2 aromatic rings. The van der Waals surface area contributed by atoms with E-state index in [1.165, 1.54) is 12.2 Å². The summed E-state index contributed by atoms with van der Waals surface area (Å²) in [4.78, 5) is 24.8. The summed E-state index contributed by atoms with van der Waals surface area (Å²) in [6, 6.07) is 15.0. The average Bonchev–Trinajstić information content (AvgIpc) is 3.55. The smallest absolute Gasteiger partial charge is 0.331 e. The van der Waals surface area contributed by atoms with Gasteiger partial charge in [0.2, 0.25) is 0 Å². The van der Waals surface area contributed by atoms with Crippen molar-refractivity contribution < 1.29 is 38.0 Å². The third-order valence-electron chi connectivity index (χ3n) is 6.61. The van der Waals surface area contributed by atoms with Gasteiger partial charge in [0, 0.05) is 12.2 Å². The van der Waals surface area contributed by atoms with Crippen LogP contribution >= 0.6 is 0 Å². The molecule has 2 aliphatic rings. The van der Waals surface area contributed by atoms with Gasteiger partial charge in [0.15, 0.2) is 12.2 Å². The number of hydrogen-bond acceptors (Lipinski definition) is 8. The van der Waals surface area contributed by atoms with Crippen LogP contribution in [-0.2, 0) is 28.5 Å². The Morgan fingerprint density at radius 3 is 1.48 bits per heavy atom. The zero-order valence-electron chi connectivity index (χ0n) is 23.2. The highest BCUT2D eigenvalue weighted by atomic mass is 16.7. The zero-order chi connectivity index (χ0) is 28.2. The van der Waals surface area contributed by atoms with E-state index in [2.05, 4.69) is 13.8 Å². The fourth-order valence-corrected chi connectivity index (χ4v) is 4.36. The van der Waals surface area contributed by atoms with Crippen molar-refractivity contribution in [3.63, 3.8) is 0 Å². The minimum Gasteiger partial charge on any atom is -0.494 e. The lowest BCUT2D eigenvalue weighted by molar-refractivity contribution is -0.149. The molecule has 0 bridgehead atoms. The summed E-state index contributed by atoms with van der Waals surface area (Å²) in [5.74, 6) is 0.610. The minimum absolute atomic E-state index is 0.176. The number of ether oxygens (including phenoxy) is 6. The molecule has 2 aliphatic heterocycles. The Labute approximate surface area is 235 Å². The molecule has 2 aromatic carbocycles. The molecule has 0 amide bonds. The first-order valence-corrected chi connectivity index (χ1v) is 14.0. The summed E-state index contributed by atoms with van der Waals surface area (Å²) in [5, 5.41) is 0. The largest absolute Gasteiger partial charge is 0.494 e. The number of carbonyl (C=O) groups excluding carboxylic acids is 2. The van der Waals surface area contributed by atoms with Gasteiger partial charge in [-0.25, -0.2) is 9.59 Å². The molecule has 8 heteroatoms. The molecule has 0 saturated carbocycles. The quantitative estimate of drug-likeness (QED) is 0.176. The standard InChI is InChI=1S/C32H38O8/c1-3-5-19-35-25-13-7-23(8-14-25)11-17-29(33)39-27-21-37-32-28(22-38-31(27)32)40-30(34)18-12-24-9-15-26(16-10-24)36-20-6-4-2/h7-18,27-28,31-32H,3-6,19-22H2,1-2H3/b17-11+,18-12+/t27-,28?,31+,32+/m0/s1. The van der Waals surface area contributed by atoms with E-state index in [1.54, 1.807) is 12.2 Å². The number of fused-ring (bicyclic) bond motifs is 1. The molecule has 214 valence electrons. The van der Waals surface area contributed by atoms with Gasteiger partial charge in [-0.15, -0.1) is 0 Å². The van der Waals surface area contributed by atoms with Crippen molar-refractivity contribution in [2.75, 3.05) is 26.4 Å². The molecule has 2 saturated heterocycles. The van der Waals surface area contributed by atoms with Crippen molar-refractivity contribution in [1.29, 1.82) is 0 Å². The topological polar surface area (TPSA) is 89.5 Å². The maximum Gasteiger partial charge on any atom is 0.331 e. The number of hydrogen-bond donors (Lipinski definition) is 0. The van der Waals surface area contributed by atoms with E-state index in [0.29, 0.717) is 13.2 Å². The lowest BCUT2D eigenvalue weighted by atomic mass is 10.1. The summed E-state index contributed by atoms with van der Waals surface area (Å²) in [5.41, 5.74) is 1.71. The van der Waals surface area contributed by atoms with Crippen molar-refractivity contribution in [3.05, 3.63) is 71.8 Å². The summed E-state index contributed by atoms with van der Waals surface area (Å²) >= 11 is 0. The average molecular weight is 551 g/mol. The first kappa shape index (κ1) is 29.4. The van der Waals surface area contributed by atoms with Crippen LogP contribution in [0.5, 0.6) is 11.5 Å². The molecular weight excluding hydrogens is 512 g/mol. The first-order chi connectivity index (χ1) is 19.6. The van der Waals surface area contributed by atoms with Gasteiger partial charge >= 0.3 is 11.9 Å². The van der Waals surface area contributed by atoms with E-state index in [4.69, 9.17) is 28.4 Å². The molecule has 0 spiro atoms. The van der Waals surface area contributed by atoms with Crippen LogP contribution in [0.15, 0.2) is 60.7 Å². The highest BCUT2D eigenvalue weighted by Crippen LogP contribution is 2.31. The molecule has 0 N–H and O–H groups in total. The van der Waals surface area contributed by atoms with Gasteiger partial charge in [-0.3, -0.25) is 0 Å². The zero-order valence-corrected chi connectivity index (χ0v) is 23.2. The SMILES string of the molecule is CCCCOc1ccc(/C=C/C(=O)OC2CO[C@@H]3[C@@H](OC(=O)/C=C/c4ccc(OCCCC)cc4)CO[C@H]23)cc1. The summed E-state index contributed by atoms with van der Waals surface area (Å²) in [7, 11) is 0. The number of unbranched alkanes of at least 4 members (excludes halogenated alkanes) is 2. The van der Waals surface area contributed by atoms with E-state index in [1.807, 2.05) is 48.5 Å². The van der Waals surface area contributed by atoms with Crippen molar-refractivity contribution in [2.24, 2.45) is 0 Å². The second-order valence-electron chi connectivity index (χ2n) is 9.76. The number of carbonyl (C=O) groups is 2. The monoisotopic (exact) mass is 550 g/mol. The Balaban J connectivity index is 1.20. The molecule has 0 radical (unpaired) electrons. The van der Waals surface area contributed by atoms with Crippen LogP contribution in [0.25, 0.3) is 12.2 Å².